The predicted molar refractivity (Wildman–Crippen MR) is 75.9 cm³/mol. The van der Waals surface area contributed by atoms with Gasteiger partial charge in [0.25, 0.3) is 0 Å². The third-order valence-corrected chi connectivity index (χ3v) is 5.02. The lowest BCUT2D eigenvalue weighted by molar-refractivity contribution is -0.128. The number of fused-ring (bicyclic) bond motifs is 6. The van der Waals surface area contributed by atoms with Crippen LogP contribution < -0.4 is 14.4 Å². The quantitative estimate of drug-likeness (QED) is 0.621. The fourth-order valence-corrected chi connectivity index (χ4v) is 3.96. The Kier molecular flexibility index (Phi) is 2.35. The second kappa shape index (κ2) is 4.12. The molecule has 7 nitrogen and oxygen atoms in total. The van der Waals surface area contributed by atoms with E-state index in [0.717, 1.165) is 0 Å². The molecule has 0 spiro atoms. The monoisotopic (exact) mass is 315 g/mol. The zero-order chi connectivity index (χ0) is 15.8. The molecule has 1 aromatic carbocycles. The Morgan fingerprint density at radius 3 is 2.87 bits per heavy atom. The van der Waals surface area contributed by atoms with Crippen molar-refractivity contribution in [2.45, 2.75) is 11.7 Å². The molecule has 23 heavy (non-hydrogen) atoms. The van der Waals surface area contributed by atoms with Crippen LogP contribution in [0.1, 0.15) is 0 Å². The van der Waals surface area contributed by atoms with Crippen LogP contribution in [0.15, 0.2) is 30.4 Å². The van der Waals surface area contributed by atoms with Crippen molar-refractivity contribution in [3.05, 3.63) is 30.4 Å². The molecule has 2 amide bonds. The Morgan fingerprint density at radius 2 is 2.04 bits per heavy atom. The second-order valence-electron chi connectivity index (χ2n) is 6.11. The molecule has 5 rings (SSSR count). The van der Waals surface area contributed by atoms with Crippen molar-refractivity contribution in [2.75, 3.05) is 18.3 Å². The number of rotatable bonds is 2. The zero-order valence-corrected chi connectivity index (χ0v) is 12.0. The fourth-order valence-electron chi connectivity index (χ4n) is 3.96. The molecule has 2 fully saturated rings. The Morgan fingerprint density at radius 1 is 1.22 bits per heavy atom. The van der Waals surface area contributed by atoms with Crippen LogP contribution in [0, 0.1) is 11.8 Å². The summed E-state index contributed by atoms with van der Waals surface area (Å²) in [5.41, 5.74) is -0.626. The van der Waals surface area contributed by atoms with Gasteiger partial charge in [0.15, 0.2) is 11.5 Å². The number of nitrogens with zero attached hydrogens (tertiary/aromatic N) is 1. The van der Waals surface area contributed by atoms with E-state index in [-0.39, 0.29) is 25.2 Å². The topological polar surface area (TPSA) is 85.3 Å². The summed E-state index contributed by atoms with van der Waals surface area (Å²) in [6.07, 6.45) is 3.00. The summed E-state index contributed by atoms with van der Waals surface area (Å²) in [5.74, 6) is -0.812. The summed E-state index contributed by atoms with van der Waals surface area (Å²) in [6.45, 7) is -0.200. The lowest BCUT2D eigenvalue weighted by Crippen LogP contribution is -2.43. The van der Waals surface area contributed by atoms with E-state index in [4.69, 9.17) is 14.2 Å². The maximum Gasteiger partial charge on any atom is 0.241 e. The molecular weight excluding hydrogens is 302 g/mol. The van der Waals surface area contributed by atoms with Gasteiger partial charge < -0.3 is 19.3 Å². The molecule has 0 unspecified atom stereocenters. The van der Waals surface area contributed by atoms with E-state index in [0.29, 0.717) is 17.2 Å². The fraction of sp³-hybridized carbons (Fsp3) is 0.375. The minimum atomic E-state index is -1.08. The molecule has 0 saturated carbocycles. The van der Waals surface area contributed by atoms with Gasteiger partial charge in [-0.3, -0.25) is 9.59 Å². The summed E-state index contributed by atoms with van der Waals surface area (Å²) in [6, 6.07) is 4.96. The van der Waals surface area contributed by atoms with Gasteiger partial charge in [-0.25, -0.2) is 4.90 Å². The highest BCUT2D eigenvalue weighted by Crippen LogP contribution is 2.52. The summed E-state index contributed by atoms with van der Waals surface area (Å²) >= 11 is 0. The van der Waals surface area contributed by atoms with Gasteiger partial charge >= 0.3 is 0 Å². The maximum absolute atomic E-state index is 12.9. The van der Waals surface area contributed by atoms with E-state index in [1.54, 1.807) is 30.4 Å². The molecule has 4 atom stereocenters. The first kappa shape index (κ1) is 13.1. The lowest BCUT2D eigenvalue weighted by atomic mass is 9.77. The second-order valence-corrected chi connectivity index (χ2v) is 6.11. The normalized spacial score (nSPS) is 36.2. The zero-order valence-electron chi connectivity index (χ0n) is 12.0. The molecule has 4 aliphatic heterocycles. The summed E-state index contributed by atoms with van der Waals surface area (Å²) < 4.78 is 16.3. The molecule has 1 N–H and O–H groups in total. The third-order valence-electron chi connectivity index (χ3n) is 5.02. The van der Waals surface area contributed by atoms with Gasteiger partial charge in [-0.05, 0) is 12.1 Å². The van der Waals surface area contributed by atoms with Gasteiger partial charge in [0.1, 0.15) is 5.60 Å². The van der Waals surface area contributed by atoms with Crippen LogP contribution in [0.4, 0.5) is 5.69 Å². The third kappa shape index (κ3) is 1.46. The number of carbonyl (C=O) groups is 2. The Hall–Kier alpha value is -2.38. The van der Waals surface area contributed by atoms with Gasteiger partial charge in [0, 0.05) is 6.07 Å². The van der Waals surface area contributed by atoms with Gasteiger partial charge in [-0.1, -0.05) is 12.2 Å². The number of imide groups is 1. The average molecular weight is 315 g/mol. The van der Waals surface area contributed by atoms with Crippen LogP contribution in [0.2, 0.25) is 0 Å². The predicted octanol–water partition coefficient (Wildman–Crippen LogP) is 0.221. The summed E-state index contributed by atoms with van der Waals surface area (Å²) in [7, 11) is 0. The first-order valence-electron chi connectivity index (χ1n) is 7.40. The van der Waals surface area contributed by atoms with E-state index >= 15 is 0 Å². The number of ether oxygens (including phenoxy) is 3. The Balaban J connectivity index is 1.57. The van der Waals surface area contributed by atoms with E-state index < -0.39 is 23.5 Å². The number of aliphatic hydroxyl groups excluding tert-OH is 1. The smallest absolute Gasteiger partial charge is 0.241 e. The average Bonchev–Trinajstić information content (AvgIpc) is 3.29. The molecule has 7 heteroatoms. The maximum atomic E-state index is 12.9. The molecule has 0 aromatic heterocycles. The van der Waals surface area contributed by atoms with Crippen LogP contribution in [-0.2, 0) is 14.3 Å². The largest absolute Gasteiger partial charge is 0.454 e. The number of aliphatic hydroxyl groups is 1. The van der Waals surface area contributed by atoms with E-state index in [2.05, 4.69) is 0 Å². The van der Waals surface area contributed by atoms with Crippen molar-refractivity contribution >= 4 is 17.5 Å². The lowest BCUT2D eigenvalue weighted by Gasteiger charge is -2.26. The van der Waals surface area contributed by atoms with Gasteiger partial charge in [-0.2, -0.15) is 0 Å². The molecule has 4 aliphatic rings. The first-order chi connectivity index (χ1) is 11.1. The van der Waals surface area contributed by atoms with E-state index in [9.17, 15) is 14.7 Å². The molecular formula is C16H13NO6. The van der Waals surface area contributed by atoms with Crippen molar-refractivity contribution in [1.82, 2.24) is 0 Å². The summed E-state index contributed by atoms with van der Waals surface area (Å²) in [5, 5.41) is 9.68. The van der Waals surface area contributed by atoms with Crippen molar-refractivity contribution in [2.24, 2.45) is 11.8 Å². The van der Waals surface area contributed by atoms with Crippen LogP contribution in [-0.4, -0.2) is 42.0 Å². The summed E-state index contributed by atoms with van der Waals surface area (Å²) in [4.78, 5) is 26.8. The minimum absolute atomic E-state index is 0.124. The molecule has 2 saturated heterocycles. The number of hydrogen-bond acceptors (Lipinski definition) is 6. The van der Waals surface area contributed by atoms with Crippen molar-refractivity contribution in [1.29, 1.82) is 0 Å². The molecule has 2 bridgehead atoms. The molecule has 0 radical (unpaired) electrons. The van der Waals surface area contributed by atoms with Crippen LogP contribution in [0.25, 0.3) is 0 Å². The molecule has 4 heterocycles. The van der Waals surface area contributed by atoms with Gasteiger partial charge in [0.05, 0.1) is 30.2 Å². The van der Waals surface area contributed by atoms with Crippen molar-refractivity contribution in [3.63, 3.8) is 0 Å². The van der Waals surface area contributed by atoms with E-state index in [1.165, 1.54) is 4.90 Å². The van der Waals surface area contributed by atoms with Crippen LogP contribution in [0.5, 0.6) is 11.5 Å². The van der Waals surface area contributed by atoms with Crippen molar-refractivity contribution < 1.29 is 28.9 Å². The standard InChI is InChI=1S/C16H13NO6/c18-6-16-4-3-10(23-16)12-13(16)15(20)17(14(12)19)8-1-2-9-11(5-8)22-7-21-9/h1-5,10,12-13,18H,6-7H2/t10-,12+,13-,16+/m1/s1. The minimum Gasteiger partial charge on any atom is -0.454 e. The number of anilines is 1. The molecule has 1 aromatic rings. The Bertz CT molecular complexity index is 774. The van der Waals surface area contributed by atoms with Gasteiger partial charge in [0.2, 0.25) is 18.6 Å². The highest BCUT2D eigenvalue weighted by atomic mass is 16.7. The van der Waals surface area contributed by atoms with Crippen molar-refractivity contribution in [3.8, 4) is 11.5 Å². The van der Waals surface area contributed by atoms with Crippen LogP contribution >= 0.6 is 0 Å². The SMILES string of the molecule is O=C1[C@H]2[C@H]3C=C[C@@](CO)(O3)[C@H]2C(=O)N1c1ccc2c(c1)OCO2. The van der Waals surface area contributed by atoms with Gasteiger partial charge in [-0.15, -0.1) is 0 Å². The highest BCUT2D eigenvalue weighted by Gasteiger charge is 2.67. The first-order valence-corrected chi connectivity index (χ1v) is 7.40. The number of hydrogen-bond donors (Lipinski definition) is 1. The van der Waals surface area contributed by atoms with Crippen LogP contribution in [0.3, 0.4) is 0 Å². The van der Waals surface area contributed by atoms with E-state index in [1.807, 2.05) is 0 Å². The molecule has 118 valence electrons. The number of carbonyl (C=O) groups excluding carboxylic acids is 2. The highest BCUT2D eigenvalue weighted by molar-refractivity contribution is 6.23. The Labute approximate surface area is 131 Å². The molecule has 0 aliphatic carbocycles. The number of amides is 2. The number of benzene rings is 1.